The molecule has 0 radical (unpaired) electrons. The number of halogens is 4. The summed E-state index contributed by atoms with van der Waals surface area (Å²) in [7, 11) is 6.17. The molecule has 0 unspecified atom stereocenters. The van der Waals surface area contributed by atoms with Gasteiger partial charge in [0.2, 0.25) is 0 Å². The van der Waals surface area contributed by atoms with Gasteiger partial charge in [0.1, 0.15) is 34.3 Å². The molecule has 6 aromatic rings. The SMILES string of the molecule is Cn1c(=O)c2c(cc(N3CCC[C@@H](N)C3)n2Cc2cc(F)ccc2Cl)n(C)c1=O.Cn1c(=O)c2c(cc(N3CCC[C@@H](N)C3)n2Cc2cc(F)ccc2Cl)n(C)c1=O. The molecule has 4 N–H and O–H groups in total. The number of nitrogens with zero attached hydrogens (tertiary/aromatic N) is 8. The topological polar surface area (TPSA) is 156 Å². The number of hydrogen-bond acceptors (Lipinski definition) is 8. The molecule has 0 amide bonds. The Hall–Kier alpha value is -5.16. The zero-order valence-electron chi connectivity index (χ0n) is 32.7. The second-order valence-electron chi connectivity index (χ2n) is 15.2. The van der Waals surface area contributed by atoms with E-state index in [1.807, 2.05) is 21.3 Å². The Labute approximate surface area is 341 Å². The summed E-state index contributed by atoms with van der Waals surface area (Å²) in [5, 5.41) is 0.826. The van der Waals surface area contributed by atoms with E-state index in [9.17, 15) is 28.0 Å². The van der Waals surface area contributed by atoms with E-state index in [-0.39, 0.29) is 25.2 Å². The standard InChI is InChI=1S/2C20H23ClFN5O2/c2*1-24-16-9-17(26-7-3-4-14(23)11-26)27(18(16)19(28)25(2)20(24)29)10-12-8-13(22)5-6-15(12)21/h2*5-6,8-9,14H,3-4,7,10-11,23H2,1-2H3/t2*14-/m11/s1. The van der Waals surface area contributed by atoms with Gasteiger partial charge in [0.15, 0.2) is 0 Å². The van der Waals surface area contributed by atoms with Crippen LogP contribution in [0.15, 0.2) is 67.7 Å². The minimum absolute atomic E-state index is 0.0274. The van der Waals surface area contributed by atoms with Crippen LogP contribution in [-0.2, 0) is 41.3 Å². The summed E-state index contributed by atoms with van der Waals surface area (Å²) in [5.74, 6) is 0.743. The third kappa shape index (κ3) is 7.61. The summed E-state index contributed by atoms with van der Waals surface area (Å²) in [4.78, 5) is 55.1. The van der Waals surface area contributed by atoms with Crippen LogP contribution in [0.5, 0.6) is 0 Å². The maximum atomic E-state index is 13.9. The molecule has 6 heterocycles. The number of rotatable bonds is 6. The zero-order chi connectivity index (χ0) is 41.7. The van der Waals surface area contributed by atoms with Gasteiger partial charge < -0.3 is 30.4 Å². The molecule has 2 fully saturated rings. The second-order valence-corrected chi connectivity index (χ2v) is 16.0. The summed E-state index contributed by atoms with van der Waals surface area (Å²) in [5.41, 5.74) is 13.7. The Balaban J connectivity index is 0.000000177. The summed E-state index contributed by atoms with van der Waals surface area (Å²) in [6.07, 6.45) is 3.74. The van der Waals surface area contributed by atoms with Crippen molar-refractivity contribution in [2.24, 2.45) is 39.7 Å². The molecule has 18 heteroatoms. The first-order valence-electron chi connectivity index (χ1n) is 19.0. The fraction of sp³-hybridized carbons (Fsp3) is 0.400. The molecular formula is C40H46Cl2F2N10O4. The first kappa shape index (κ1) is 41.0. The Kier molecular flexibility index (Phi) is 11.5. The van der Waals surface area contributed by atoms with Crippen LogP contribution in [0, 0.1) is 11.6 Å². The quantitative estimate of drug-likeness (QED) is 0.258. The highest BCUT2D eigenvalue weighted by Crippen LogP contribution is 2.31. The van der Waals surface area contributed by atoms with Crippen molar-refractivity contribution in [1.29, 1.82) is 0 Å². The van der Waals surface area contributed by atoms with E-state index in [0.717, 1.165) is 59.5 Å². The second kappa shape index (κ2) is 16.2. The molecular weight excluding hydrogens is 793 g/mol. The van der Waals surface area contributed by atoms with Gasteiger partial charge in [0.05, 0.1) is 24.1 Å². The fourth-order valence-electron chi connectivity index (χ4n) is 8.10. The predicted molar refractivity (Wildman–Crippen MR) is 225 cm³/mol. The minimum atomic E-state index is -0.400. The van der Waals surface area contributed by atoms with E-state index in [4.69, 9.17) is 34.7 Å². The van der Waals surface area contributed by atoms with Gasteiger partial charge in [-0.15, -0.1) is 0 Å². The number of fused-ring (bicyclic) bond motifs is 2. The van der Waals surface area contributed by atoms with Gasteiger partial charge in [-0.2, -0.15) is 0 Å². The maximum Gasteiger partial charge on any atom is 0.331 e. The fourth-order valence-corrected chi connectivity index (χ4v) is 8.46. The number of hydrogen-bond donors (Lipinski definition) is 2. The number of piperidine rings is 2. The van der Waals surface area contributed by atoms with E-state index in [0.29, 0.717) is 56.3 Å². The highest BCUT2D eigenvalue weighted by atomic mass is 35.5. The van der Waals surface area contributed by atoms with Crippen LogP contribution in [-0.4, -0.2) is 65.7 Å². The molecule has 0 bridgehead atoms. The van der Waals surface area contributed by atoms with E-state index in [1.54, 1.807) is 14.1 Å². The highest BCUT2D eigenvalue weighted by Gasteiger charge is 2.27. The lowest BCUT2D eigenvalue weighted by molar-refractivity contribution is 0.498. The van der Waals surface area contributed by atoms with Gasteiger partial charge in [0, 0.05) is 88.6 Å². The molecule has 4 aromatic heterocycles. The van der Waals surface area contributed by atoms with Gasteiger partial charge in [-0.3, -0.25) is 27.9 Å². The first-order valence-corrected chi connectivity index (χ1v) is 19.8. The van der Waals surface area contributed by atoms with Crippen molar-refractivity contribution in [1.82, 2.24) is 27.4 Å². The van der Waals surface area contributed by atoms with Crippen LogP contribution in [0.2, 0.25) is 10.0 Å². The highest BCUT2D eigenvalue weighted by molar-refractivity contribution is 6.31. The lowest BCUT2D eigenvalue weighted by Crippen LogP contribution is -2.43. The lowest BCUT2D eigenvalue weighted by Gasteiger charge is -2.33. The molecule has 2 aliphatic rings. The summed E-state index contributed by atoms with van der Waals surface area (Å²) >= 11 is 12.6. The third-order valence-corrected chi connectivity index (χ3v) is 12.0. The van der Waals surface area contributed by atoms with Crippen LogP contribution in [0.1, 0.15) is 36.8 Å². The van der Waals surface area contributed by atoms with Gasteiger partial charge in [0.25, 0.3) is 11.1 Å². The van der Waals surface area contributed by atoms with Crippen LogP contribution < -0.4 is 43.8 Å². The van der Waals surface area contributed by atoms with Crippen molar-refractivity contribution >= 4 is 56.9 Å². The Morgan fingerprint density at radius 3 is 1.34 bits per heavy atom. The van der Waals surface area contributed by atoms with Crippen molar-refractivity contribution in [3.63, 3.8) is 0 Å². The molecule has 0 aliphatic carbocycles. The van der Waals surface area contributed by atoms with Crippen LogP contribution in [0.4, 0.5) is 20.4 Å². The van der Waals surface area contributed by atoms with Gasteiger partial charge in [-0.05, 0) is 73.2 Å². The van der Waals surface area contributed by atoms with E-state index in [2.05, 4.69) is 9.80 Å². The van der Waals surface area contributed by atoms with Crippen LogP contribution in [0.25, 0.3) is 22.1 Å². The Morgan fingerprint density at radius 1 is 0.603 bits per heavy atom. The monoisotopic (exact) mass is 838 g/mol. The Morgan fingerprint density at radius 2 is 0.983 bits per heavy atom. The molecule has 0 saturated carbocycles. The first-order chi connectivity index (χ1) is 27.5. The van der Waals surface area contributed by atoms with Crippen molar-refractivity contribution in [2.45, 2.75) is 50.9 Å². The van der Waals surface area contributed by atoms with Crippen LogP contribution >= 0.6 is 23.2 Å². The largest absolute Gasteiger partial charge is 0.356 e. The summed E-state index contributed by atoms with van der Waals surface area (Å²) in [6.45, 7) is 3.26. The average molecular weight is 840 g/mol. The van der Waals surface area contributed by atoms with Crippen molar-refractivity contribution in [2.75, 3.05) is 36.0 Å². The van der Waals surface area contributed by atoms with E-state index in [1.165, 1.54) is 59.6 Å². The zero-order valence-corrected chi connectivity index (χ0v) is 34.2. The van der Waals surface area contributed by atoms with Gasteiger partial charge in [-0.1, -0.05) is 23.2 Å². The average Bonchev–Trinajstić information content (AvgIpc) is 3.77. The molecule has 308 valence electrons. The summed E-state index contributed by atoms with van der Waals surface area (Å²) < 4.78 is 36.4. The maximum absolute atomic E-state index is 13.9. The van der Waals surface area contributed by atoms with Crippen molar-refractivity contribution < 1.29 is 8.78 Å². The normalized spacial score (nSPS) is 17.3. The van der Waals surface area contributed by atoms with Crippen molar-refractivity contribution in [3.8, 4) is 0 Å². The molecule has 2 aliphatic heterocycles. The smallest absolute Gasteiger partial charge is 0.331 e. The molecule has 0 spiro atoms. The summed E-state index contributed by atoms with van der Waals surface area (Å²) in [6, 6.07) is 12.1. The van der Waals surface area contributed by atoms with E-state index < -0.39 is 34.1 Å². The third-order valence-electron chi connectivity index (χ3n) is 11.2. The number of anilines is 2. The molecule has 2 aromatic carbocycles. The molecule has 14 nitrogen and oxygen atoms in total. The molecule has 58 heavy (non-hydrogen) atoms. The number of aryl methyl sites for hydroxylation is 2. The van der Waals surface area contributed by atoms with Crippen molar-refractivity contribution in [3.05, 3.63) is 123 Å². The number of aromatic nitrogens is 6. The number of nitrogens with two attached hydrogens (primary N) is 2. The lowest BCUT2D eigenvalue weighted by atomic mass is 10.1. The Bertz CT molecular complexity index is 2610. The molecule has 8 rings (SSSR count). The van der Waals surface area contributed by atoms with Gasteiger partial charge in [-0.25, -0.2) is 18.4 Å². The van der Waals surface area contributed by atoms with E-state index >= 15 is 0 Å². The molecule has 2 saturated heterocycles. The van der Waals surface area contributed by atoms with Crippen LogP contribution in [0.3, 0.4) is 0 Å². The predicted octanol–water partition coefficient (Wildman–Crippen LogP) is 3.61. The molecule has 2 atom stereocenters. The van der Waals surface area contributed by atoms with Gasteiger partial charge >= 0.3 is 11.4 Å². The minimum Gasteiger partial charge on any atom is -0.356 e. The number of benzene rings is 2.